The molecular formula is C37H53BN3O2. The second-order valence-electron chi connectivity index (χ2n) is 13.0. The summed E-state index contributed by atoms with van der Waals surface area (Å²) < 4.78 is 0. The molecule has 3 radical (unpaired) electrons. The fourth-order valence-electron chi connectivity index (χ4n) is 6.88. The largest absolute Gasteiger partial charge is 0.334 e. The molecule has 0 heterocycles. The minimum Gasteiger partial charge on any atom is -0.334 e. The molecule has 2 atom stereocenters. The second-order valence-corrected chi connectivity index (χ2v) is 13.0. The molecule has 231 valence electrons. The summed E-state index contributed by atoms with van der Waals surface area (Å²) in [5.41, 5.74) is 4.64. The number of hydrogen-bond donors (Lipinski definition) is 0. The molecular weight excluding hydrogens is 529 g/mol. The molecule has 0 saturated heterocycles. The van der Waals surface area contributed by atoms with Gasteiger partial charge in [-0.1, -0.05) is 68.4 Å². The van der Waals surface area contributed by atoms with Gasteiger partial charge in [0.15, 0.2) is 0 Å². The van der Waals surface area contributed by atoms with Gasteiger partial charge in [0, 0.05) is 50.1 Å². The Hall–Kier alpha value is -3.12. The van der Waals surface area contributed by atoms with E-state index in [4.69, 9.17) is 0 Å². The van der Waals surface area contributed by atoms with Gasteiger partial charge in [-0.25, -0.2) is 0 Å². The Balaban J connectivity index is 0.00000645. The third-order valence-corrected chi connectivity index (χ3v) is 8.49. The zero-order valence-corrected chi connectivity index (χ0v) is 28.6. The summed E-state index contributed by atoms with van der Waals surface area (Å²) >= 11 is 0. The van der Waals surface area contributed by atoms with Crippen LogP contribution in [0, 0.1) is 0 Å². The van der Waals surface area contributed by atoms with E-state index >= 15 is 0 Å². The molecule has 0 saturated carbocycles. The highest BCUT2D eigenvalue weighted by Crippen LogP contribution is 2.41. The fraction of sp³-hybridized carbons (Fsp3) is 0.514. The molecule has 0 aliphatic heterocycles. The number of likely N-dealkylation sites (N-methyl/N-ethyl adjacent to an activating group) is 1. The quantitative estimate of drug-likeness (QED) is 0.216. The van der Waals surface area contributed by atoms with Crippen molar-refractivity contribution >= 4 is 31.0 Å². The third-order valence-electron chi connectivity index (χ3n) is 8.49. The van der Waals surface area contributed by atoms with Crippen LogP contribution in [0.15, 0.2) is 54.6 Å². The smallest absolute Gasteiger partial charge is 0.255 e. The lowest BCUT2D eigenvalue weighted by Gasteiger charge is -2.37. The van der Waals surface area contributed by atoms with Crippen LogP contribution >= 0.6 is 0 Å². The van der Waals surface area contributed by atoms with Crippen LogP contribution in [-0.2, 0) is 6.42 Å². The van der Waals surface area contributed by atoms with Gasteiger partial charge in [0.2, 0.25) is 0 Å². The highest BCUT2D eigenvalue weighted by atomic mass is 16.2. The van der Waals surface area contributed by atoms with Crippen molar-refractivity contribution in [2.75, 3.05) is 14.1 Å². The number of rotatable bonds is 11. The van der Waals surface area contributed by atoms with Crippen LogP contribution < -0.4 is 0 Å². The molecule has 0 aliphatic carbocycles. The summed E-state index contributed by atoms with van der Waals surface area (Å²) in [4.78, 5) is 35.0. The number of fused-ring (bicyclic) bond motifs is 1. The molecule has 3 rings (SSSR count). The zero-order chi connectivity index (χ0) is 31.5. The second kappa shape index (κ2) is 15.1. The summed E-state index contributed by atoms with van der Waals surface area (Å²) in [5.74, 6) is 0.0580. The van der Waals surface area contributed by atoms with Crippen molar-refractivity contribution in [3.05, 3.63) is 82.4 Å². The molecule has 0 N–H and O–H groups in total. The number of carbonyl (C=O) groups is 2. The van der Waals surface area contributed by atoms with Crippen LogP contribution in [0.25, 0.3) is 10.8 Å². The molecule has 0 spiro atoms. The number of carbonyl (C=O) groups excluding carboxylic acids is 2. The molecule has 5 nitrogen and oxygen atoms in total. The van der Waals surface area contributed by atoms with Gasteiger partial charge in [-0.2, -0.15) is 0 Å². The summed E-state index contributed by atoms with van der Waals surface area (Å²) in [5, 5.41) is 2.03. The van der Waals surface area contributed by atoms with Crippen LogP contribution in [0.3, 0.4) is 0 Å². The van der Waals surface area contributed by atoms with E-state index in [1.807, 2.05) is 21.9 Å². The maximum Gasteiger partial charge on any atom is 0.255 e. The lowest BCUT2D eigenvalue weighted by Crippen LogP contribution is -2.43. The predicted molar refractivity (Wildman–Crippen MR) is 183 cm³/mol. The van der Waals surface area contributed by atoms with E-state index in [-0.39, 0.29) is 56.4 Å². The van der Waals surface area contributed by atoms with Gasteiger partial charge in [0.25, 0.3) is 11.8 Å². The van der Waals surface area contributed by atoms with Crippen molar-refractivity contribution in [2.24, 2.45) is 0 Å². The summed E-state index contributed by atoms with van der Waals surface area (Å²) in [7, 11) is 4.15. The first-order valence-corrected chi connectivity index (χ1v) is 15.7. The minimum atomic E-state index is -0.129. The number of amides is 2. The lowest BCUT2D eigenvalue weighted by atomic mass is 9.80. The van der Waals surface area contributed by atoms with E-state index in [0.29, 0.717) is 0 Å². The number of aryl methyl sites for hydroxylation is 1. The van der Waals surface area contributed by atoms with Crippen molar-refractivity contribution in [3.63, 3.8) is 0 Å². The van der Waals surface area contributed by atoms with Crippen molar-refractivity contribution in [1.82, 2.24) is 14.7 Å². The molecule has 3 aromatic rings. The van der Waals surface area contributed by atoms with Crippen LogP contribution in [0.5, 0.6) is 0 Å². The summed E-state index contributed by atoms with van der Waals surface area (Å²) in [6.07, 6.45) is 0.769. The van der Waals surface area contributed by atoms with Crippen molar-refractivity contribution in [3.8, 4) is 0 Å². The zero-order valence-electron chi connectivity index (χ0n) is 28.6. The van der Waals surface area contributed by atoms with Crippen LogP contribution in [0.1, 0.15) is 119 Å². The summed E-state index contributed by atoms with van der Waals surface area (Å²) in [6.45, 7) is 21.0. The maximum atomic E-state index is 14.5. The van der Waals surface area contributed by atoms with Gasteiger partial charge in [0.05, 0.1) is 5.56 Å². The Morgan fingerprint density at radius 3 is 1.63 bits per heavy atom. The molecule has 3 aromatic carbocycles. The fourth-order valence-corrected chi connectivity index (χ4v) is 6.88. The SMILES string of the molecule is CCc1cccc([C@H]([C@@H](C)c2ccc3ccccc3c2C(=O)N(C(C)C)C(C)C)N(C)C)c1C(=O)N(C(C)C)C(C)C.[B]. The van der Waals surface area contributed by atoms with E-state index in [0.717, 1.165) is 45.0 Å². The monoisotopic (exact) mass is 582 g/mol. The highest BCUT2D eigenvalue weighted by Gasteiger charge is 2.35. The molecule has 0 aromatic heterocycles. The van der Waals surface area contributed by atoms with Crippen molar-refractivity contribution < 1.29 is 9.59 Å². The number of hydrogen-bond acceptors (Lipinski definition) is 3. The molecule has 0 unspecified atom stereocenters. The Morgan fingerprint density at radius 2 is 1.14 bits per heavy atom. The molecule has 0 fully saturated rings. The average molecular weight is 583 g/mol. The molecule has 0 aliphatic rings. The van der Waals surface area contributed by atoms with E-state index in [9.17, 15) is 9.59 Å². The van der Waals surface area contributed by atoms with Gasteiger partial charge in [-0.3, -0.25) is 9.59 Å². The predicted octanol–water partition coefficient (Wildman–Crippen LogP) is 7.95. The van der Waals surface area contributed by atoms with Crippen LogP contribution in [-0.4, -0.2) is 73.2 Å². The van der Waals surface area contributed by atoms with Gasteiger partial charge in [0.1, 0.15) is 0 Å². The molecule has 6 heteroatoms. The first-order chi connectivity index (χ1) is 19.7. The normalized spacial score (nSPS) is 13.1. The summed E-state index contributed by atoms with van der Waals surface area (Å²) in [6, 6.07) is 18.9. The Morgan fingerprint density at radius 1 is 0.628 bits per heavy atom. The van der Waals surface area contributed by atoms with E-state index in [1.54, 1.807) is 0 Å². The lowest BCUT2D eigenvalue weighted by molar-refractivity contribution is 0.0629. The maximum absolute atomic E-state index is 14.5. The van der Waals surface area contributed by atoms with Gasteiger partial charge in [-0.15, -0.1) is 0 Å². The van der Waals surface area contributed by atoms with Crippen molar-refractivity contribution in [2.45, 2.75) is 112 Å². The Bertz CT molecular complexity index is 1380. The van der Waals surface area contributed by atoms with E-state index in [1.165, 1.54) is 0 Å². The Kier molecular flexibility index (Phi) is 12.6. The van der Waals surface area contributed by atoms with Crippen molar-refractivity contribution in [1.29, 1.82) is 0 Å². The highest BCUT2D eigenvalue weighted by molar-refractivity contribution is 6.09. The molecule has 2 amide bonds. The molecule has 0 bridgehead atoms. The first kappa shape index (κ1) is 36.1. The first-order valence-electron chi connectivity index (χ1n) is 15.7. The molecule has 43 heavy (non-hydrogen) atoms. The standard InChI is InChI=1S/C37H53N3O2.B/c1-13-28-18-16-20-32(33(28)36(41)39(23(2)3)24(4)5)35(38(11)12)27(10)30-22-21-29-17-14-15-19-31(29)34(30)37(42)40(25(6)7)26(8)9;/h14-27,35H,13H2,1-12H3;/t27-,35-;/m0./s1. The van der Waals surface area contributed by atoms with Gasteiger partial charge < -0.3 is 14.7 Å². The topological polar surface area (TPSA) is 43.9 Å². The number of nitrogens with zero attached hydrogens (tertiary/aromatic N) is 3. The average Bonchev–Trinajstić information content (AvgIpc) is 2.91. The van der Waals surface area contributed by atoms with Crippen LogP contribution in [0.2, 0.25) is 0 Å². The minimum absolute atomic E-state index is 0. The van der Waals surface area contributed by atoms with E-state index in [2.05, 4.69) is 131 Å². The third kappa shape index (κ3) is 7.34. The van der Waals surface area contributed by atoms with E-state index < -0.39 is 0 Å². The Labute approximate surface area is 263 Å². The van der Waals surface area contributed by atoms with Gasteiger partial charge in [-0.05, 0) is 103 Å². The van der Waals surface area contributed by atoms with Gasteiger partial charge >= 0.3 is 0 Å². The van der Waals surface area contributed by atoms with Crippen LogP contribution in [0.4, 0.5) is 0 Å². The number of benzene rings is 3.